The van der Waals surface area contributed by atoms with Gasteiger partial charge in [0.2, 0.25) is 0 Å². The molecule has 0 unspecified atom stereocenters. The number of thioether (sulfide) groups is 1. The van der Waals surface area contributed by atoms with Crippen LogP contribution in [0.4, 0.5) is 10.5 Å². The number of hydrogen-bond acceptors (Lipinski definition) is 4. The van der Waals surface area contributed by atoms with Crippen LogP contribution in [0.2, 0.25) is 5.02 Å². The maximum Gasteiger partial charge on any atom is 0.285 e. The molecule has 0 aromatic heterocycles. The van der Waals surface area contributed by atoms with Crippen molar-refractivity contribution in [2.75, 3.05) is 19.4 Å². The van der Waals surface area contributed by atoms with Crippen molar-refractivity contribution in [1.82, 2.24) is 4.90 Å². The molecule has 0 atom stereocenters. The second kappa shape index (κ2) is 9.61. The molecule has 0 radical (unpaired) electrons. The molecule has 0 spiro atoms. The lowest BCUT2D eigenvalue weighted by Gasteiger charge is -2.11. The molecule has 5 nitrogen and oxygen atoms in total. The van der Waals surface area contributed by atoms with E-state index in [1.807, 2.05) is 0 Å². The largest absolute Gasteiger partial charge is 0.339 e. The van der Waals surface area contributed by atoms with Gasteiger partial charge in [0.05, 0.1) is 5.56 Å². The zero-order valence-electron chi connectivity index (χ0n) is 16.4. The van der Waals surface area contributed by atoms with Gasteiger partial charge in [0.15, 0.2) is 5.78 Å². The smallest absolute Gasteiger partial charge is 0.285 e. The Kier molecular flexibility index (Phi) is 6.92. The molecule has 152 valence electrons. The van der Waals surface area contributed by atoms with E-state index in [0.717, 1.165) is 16.7 Å². The monoisotopic (exact) mass is 438 g/mol. The van der Waals surface area contributed by atoms with Crippen molar-refractivity contribution in [2.24, 2.45) is 0 Å². The Morgan fingerprint density at radius 1 is 0.833 bits per heavy atom. The van der Waals surface area contributed by atoms with Crippen molar-refractivity contribution in [3.8, 4) is 0 Å². The zero-order chi connectivity index (χ0) is 21.7. The summed E-state index contributed by atoms with van der Waals surface area (Å²) in [7, 11) is 3.37. The molecule has 1 N–H and O–H groups in total. The highest BCUT2D eigenvalue weighted by Crippen LogP contribution is 2.23. The summed E-state index contributed by atoms with van der Waals surface area (Å²) in [6.07, 6.45) is 0. The molecule has 0 bridgehead atoms. The van der Waals surface area contributed by atoms with Crippen LogP contribution in [0.15, 0.2) is 77.7 Å². The van der Waals surface area contributed by atoms with E-state index in [1.165, 1.54) is 4.90 Å². The summed E-state index contributed by atoms with van der Waals surface area (Å²) < 4.78 is 0. The van der Waals surface area contributed by atoms with Gasteiger partial charge in [-0.2, -0.15) is 0 Å². The second-order valence-electron chi connectivity index (χ2n) is 6.62. The standard InChI is InChI=1S/C23H19ClN2O3S/c1-26(2)23(29)30-18-13-11-17(12-14-18)25-22(28)20-6-4-3-5-19(20)21(27)15-7-9-16(24)10-8-15/h3-14H,1-2H3,(H,25,28). The Morgan fingerprint density at radius 3 is 2.03 bits per heavy atom. The highest BCUT2D eigenvalue weighted by Gasteiger charge is 2.18. The van der Waals surface area contributed by atoms with Gasteiger partial charge in [0.1, 0.15) is 0 Å². The van der Waals surface area contributed by atoms with Crippen molar-refractivity contribution >= 4 is 46.0 Å². The Hall–Kier alpha value is -3.09. The first-order valence-electron chi connectivity index (χ1n) is 9.05. The second-order valence-corrected chi connectivity index (χ2v) is 8.08. The fraction of sp³-hybridized carbons (Fsp3) is 0.0870. The minimum Gasteiger partial charge on any atom is -0.339 e. The molecule has 0 saturated carbocycles. The minimum atomic E-state index is -0.391. The number of amides is 2. The van der Waals surface area contributed by atoms with Gasteiger partial charge in [0.25, 0.3) is 11.1 Å². The maximum absolute atomic E-state index is 12.9. The van der Waals surface area contributed by atoms with Gasteiger partial charge in [0, 0.05) is 40.8 Å². The molecule has 2 amide bonds. The molecule has 0 saturated heterocycles. The number of carbonyl (C=O) groups excluding carboxylic acids is 3. The molecule has 3 aromatic carbocycles. The Morgan fingerprint density at radius 2 is 1.43 bits per heavy atom. The molecule has 7 heteroatoms. The summed E-state index contributed by atoms with van der Waals surface area (Å²) in [6.45, 7) is 0. The lowest BCUT2D eigenvalue weighted by atomic mass is 9.98. The van der Waals surface area contributed by atoms with Gasteiger partial charge in [-0.15, -0.1) is 0 Å². The summed E-state index contributed by atoms with van der Waals surface area (Å²) in [5.41, 5.74) is 1.60. The van der Waals surface area contributed by atoms with Crippen LogP contribution in [0.3, 0.4) is 0 Å². The molecular formula is C23H19ClN2O3S. The highest BCUT2D eigenvalue weighted by molar-refractivity contribution is 8.13. The van der Waals surface area contributed by atoms with Crippen LogP contribution in [0.1, 0.15) is 26.3 Å². The zero-order valence-corrected chi connectivity index (χ0v) is 18.0. The average molecular weight is 439 g/mol. The average Bonchev–Trinajstić information content (AvgIpc) is 2.75. The van der Waals surface area contributed by atoms with E-state index in [2.05, 4.69) is 5.32 Å². The van der Waals surface area contributed by atoms with Crippen LogP contribution < -0.4 is 5.32 Å². The molecule has 30 heavy (non-hydrogen) atoms. The minimum absolute atomic E-state index is 0.0820. The number of nitrogens with zero attached hydrogens (tertiary/aromatic N) is 1. The molecular weight excluding hydrogens is 420 g/mol. The summed E-state index contributed by atoms with van der Waals surface area (Å²) >= 11 is 6.99. The third-order valence-corrected chi connectivity index (χ3v) is 5.50. The third-order valence-electron chi connectivity index (χ3n) is 4.21. The summed E-state index contributed by atoms with van der Waals surface area (Å²) in [5.74, 6) is -0.649. The van der Waals surface area contributed by atoms with Crippen LogP contribution in [0.5, 0.6) is 0 Å². The molecule has 0 aliphatic heterocycles. The van der Waals surface area contributed by atoms with Crippen molar-refractivity contribution < 1.29 is 14.4 Å². The predicted molar refractivity (Wildman–Crippen MR) is 121 cm³/mol. The number of nitrogens with one attached hydrogen (secondary N) is 1. The van der Waals surface area contributed by atoms with Gasteiger partial charge in [-0.3, -0.25) is 14.4 Å². The molecule has 3 rings (SSSR count). The first kappa shape index (κ1) is 21.6. The van der Waals surface area contributed by atoms with Crippen LogP contribution in [0, 0.1) is 0 Å². The number of carbonyl (C=O) groups is 3. The Labute approximate surface area is 184 Å². The SMILES string of the molecule is CN(C)C(=O)Sc1ccc(NC(=O)c2ccccc2C(=O)c2ccc(Cl)cc2)cc1. The number of anilines is 1. The lowest BCUT2D eigenvalue weighted by molar-refractivity contribution is 0.0996. The van der Waals surface area contributed by atoms with E-state index < -0.39 is 5.91 Å². The van der Waals surface area contributed by atoms with Crippen molar-refractivity contribution in [1.29, 1.82) is 0 Å². The van der Waals surface area contributed by atoms with Crippen LogP contribution in [-0.4, -0.2) is 35.9 Å². The van der Waals surface area contributed by atoms with E-state index >= 15 is 0 Å². The van der Waals surface area contributed by atoms with Gasteiger partial charge in [-0.25, -0.2) is 0 Å². The fourth-order valence-corrected chi connectivity index (χ4v) is 3.42. The van der Waals surface area contributed by atoms with Crippen molar-refractivity contribution in [3.05, 3.63) is 94.5 Å². The van der Waals surface area contributed by atoms with E-state index in [0.29, 0.717) is 21.8 Å². The fourth-order valence-electron chi connectivity index (χ4n) is 2.63. The highest BCUT2D eigenvalue weighted by atomic mass is 35.5. The Bertz CT molecular complexity index is 1080. The van der Waals surface area contributed by atoms with Gasteiger partial charge < -0.3 is 10.2 Å². The first-order valence-corrected chi connectivity index (χ1v) is 10.2. The number of ketones is 1. The first-order chi connectivity index (χ1) is 14.3. The normalized spacial score (nSPS) is 10.4. The van der Waals surface area contributed by atoms with Crippen molar-refractivity contribution in [3.63, 3.8) is 0 Å². The van der Waals surface area contributed by atoms with E-state index in [1.54, 1.807) is 86.9 Å². The molecule has 0 fully saturated rings. The van der Waals surface area contributed by atoms with Gasteiger partial charge in [-0.1, -0.05) is 29.8 Å². The third kappa shape index (κ3) is 5.28. The lowest BCUT2D eigenvalue weighted by Crippen LogP contribution is -2.17. The van der Waals surface area contributed by atoms with Crippen LogP contribution in [-0.2, 0) is 0 Å². The van der Waals surface area contributed by atoms with Gasteiger partial charge in [-0.05, 0) is 66.4 Å². The quantitative estimate of drug-likeness (QED) is 0.416. The topological polar surface area (TPSA) is 66.5 Å². The maximum atomic E-state index is 12.9. The number of rotatable bonds is 5. The number of halogens is 1. The van der Waals surface area contributed by atoms with E-state index in [9.17, 15) is 14.4 Å². The molecule has 0 aliphatic rings. The number of hydrogen-bond donors (Lipinski definition) is 1. The van der Waals surface area contributed by atoms with E-state index in [-0.39, 0.29) is 16.6 Å². The van der Waals surface area contributed by atoms with Gasteiger partial charge >= 0.3 is 0 Å². The summed E-state index contributed by atoms with van der Waals surface area (Å²) in [5, 5.41) is 3.25. The Balaban J connectivity index is 1.77. The molecule has 0 aliphatic carbocycles. The van der Waals surface area contributed by atoms with E-state index in [4.69, 9.17) is 11.6 Å². The predicted octanol–water partition coefficient (Wildman–Crippen LogP) is 5.60. The summed E-state index contributed by atoms with van der Waals surface area (Å²) in [6, 6.07) is 20.1. The van der Waals surface area contributed by atoms with Crippen LogP contribution >= 0.6 is 23.4 Å². The number of benzene rings is 3. The summed E-state index contributed by atoms with van der Waals surface area (Å²) in [4.78, 5) is 39.7. The van der Waals surface area contributed by atoms with Crippen molar-refractivity contribution in [2.45, 2.75) is 4.90 Å². The van der Waals surface area contributed by atoms with Crippen LogP contribution in [0.25, 0.3) is 0 Å². The molecule has 0 heterocycles. The molecule has 3 aromatic rings.